The number of rotatable bonds is 6. The average molecular weight is 271 g/mol. The zero-order valence-electron chi connectivity index (χ0n) is 11.5. The van der Waals surface area contributed by atoms with Crippen LogP contribution in [0.5, 0.6) is 0 Å². The Labute approximate surface area is 112 Å². The smallest absolute Gasteiger partial charge is 0.325 e. The molecule has 1 saturated heterocycles. The molecule has 0 bridgehead atoms. The summed E-state index contributed by atoms with van der Waals surface area (Å²) >= 11 is 0. The van der Waals surface area contributed by atoms with Crippen molar-refractivity contribution in [3.05, 3.63) is 0 Å². The lowest BCUT2D eigenvalue weighted by Crippen LogP contribution is -2.43. The van der Waals surface area contributed by atoms with E-state index >= 15 is 0 Å². The van der Waals surface area contributed by atoms with E-state index in [2.05, 4.69) is 10.6 Å². The van der Waals surface area contributed by atoms with E-state index in [0.29, 0.717) is 19.4 Å². The maximum absolute atomic E-state index is 11.8. The average Bonchev–Trinajstić information content (AvgIpc) is 2.51. The number of aliphatic hydroxyl groups excluding tert-OH is 1. The predicted octanol–water partition coefficient (Wildman–Crippen LogP) is -0.406. The van der Waals surface area contributed by atoms with Crippen LogP contribution in [0, 0.1) is 0 Å². The first-order valence-electron chi connectivity index (χ1n) is 6.36. The van der Waals surface area contributed by atoms with E-state index in [4.69, 9.17) is 0 Å². The molecule has 7 heteroatoms. The van der Waals surface area contributed by atoms with Gasteiger partial charge in [-0.15, -0.1) is 0 Å². The van der Waals surface area contributed by atoms with Gasteiger partial charge < -0.3 is 15.7 Å². The molecule has 1 atom stereocenters. The second-order valence-electron chi connectivity index (χ2n) is 5.15. The van der Waals surface area contributed by atoms with E-state index in [0.717, 1.165) is 4.90 Å². The Kier molecular flexibility index (Phi) is 4.88. The SMILES string of the molecule is CCC(O)CCNC(=O)CN1C(=O)NC(C)(C)C1=O. The molecule has 7 nitrogen and oxygen atoms in total. The van der Waals surface area contributed by atoms with Crippen molar-refractivity contribution in [1.82, 2.24) is 15.5 Å². The summed E-state index contributed by atoms with van der Waals surface area (Å²) in [5, 5.41) is 14.4. The molecule has 0 spiro atoms. The highest BCUT2D eigenvalue weighted by Gasteiger charge is 2.44. The van der Waals surface area contributed by atoms with E-state index in [1.807, 2.05) is 6.92 Å². The lowest BCUT2D eigenvalue weighted by molar-refractivity contribution is -0.134. The number of hydrogen-bond donors (Lipinski definition) is 3. The van der Waals surface area contributed by atoms with Gasteiger partial charge in [-0.2, -0.15) is 0 Å². The monoisotopic (exact) mass is 271 g/mol. The minimum atomic E-state index is -0.963. The lowest BCUT2D eigenvalue weighted by atomic mass is 10.1. The summed E-state index contributed by atoms with van der Waals surface area (Å²) in [6.45, 7) is 5.05. The summed E-state index contributed by atoms with van der Waals surface area (Å²) in [5.41, 5.74) is -0.963. The predicted molar refractivity (Wildman–Crippen MR) is 68.2 cm³/mol. The van der Waals surface area contributed by atoms with E-state index in [9.17, 15) is 19.5 Å². The first kappa shape index (κ1) is 15.4. The molecule has 1 heterocycles. The van der Waals surface area contributed by atoms with Gasteiger partial charge in [-0.1, -0.05) is 6.92 Å². The van der Waals surface area contributed by atoms with Crippen LogP contribution in [0.4, 0.5) is 4.79 Å². The van der Waals surface area contributed by atoms with E-state index in [-0.39, 0.29) is 6.54 Å². The van der Waals surface area contributed by atoms with Crippen LogP contribution in [0.25, 0.3) is 0 Å². The summed E-state index contributed by atoms with van der Waals surface area (Å²) in [7, 11) is 0. The third-order valence-corrected chi connectivity index (χ3v) is 3.02. The van der Waals surface area contributed by atoms with Crippen molar-refractivity contribution in [1.29, 1.82) is 0 Å². The Morgan fingerprint density at radius 2 is 2.11 bits per heavy atom. The number of imide groups is 1. The molecule has 1 rings (SSSR count). The van der Waals surface area contributed by atoms with Gasteiger partial charge in [-0.3, -0.25) is 14.5 Å². The van der Waals surface area contributed by atoms with Gasteiger partial charge >= 0.3 is 6.03 Å². The molecule has 0 aromatic carbocycles. The van der Waals surface area contributed by atoms with E-state index < -0.39 is 29.5 Å². The van der Waals surface area contributed by atoms with Crippen LogP contribution in [0.3, 0.4) is 0 Å². The number of aliphatic hydroxyl groups is 1. The van der Waals surface area contributed by atoms with Crippen LogP contribution in [-0.2, 0) is 9.59 Å². The van der Waals surface area contributed by atoms with Gasteiger partial charge in [-0.05, 0) is 26.7 Å². The fourth-order valence-electron chi connectivity index (χ4n) is 1.74. The molecular formula is C12H21N3O4. The molecule has 0 saturated carbocycles. The van der Waals surface area contributed by atoms with Gasteiger partial charge in [0, 0.05) is 6.54 Å². The highest BCUT2D eigenvalue weighted by Crippen LogP contribution is 2.15. The van der Waals surface area contributed by atoms with Crippen molar-refractivity contribution in [2.45, 2.75) is 45.3 Å². The van der Waals surface area contributed by atoms with Crippen LogP contribution >= 0.6 is 0 Å². The first-order valence-corrected chi connectivity index (χ1v) is 6.36. The van der Waals surface area contributed by atoms with Crippen LogP contribution in [0.1, 0.15) is 33.6 Å². The number of urea groups is 1. The molecule has 1 aliphatic heterocycles. The zero-order valence-corrected chi connectivity index (χ0v) is 11.5. The minimum Gasteiger partial charge on any atom is -0.393 e. The lowest BCUT2D eigenvalue weighted by Gasteiger charge is -2.16. The molecule has 4 amide bonds. The number of nitrogens with one attached hydrogen (secondary N) is 2. The zero-order chi connectivity index (χ0) is 14.6. The van der Waals surface area contributed by atoms with Crippen LogP contribution in [0.15, 0.2) is 0 Å². The van der Waals surface area contributed by atoms with Crippen molar-refractivity contribution in [2.24, 2.45) is 0 Å². The molecule has 108 valence electrons. The maximum Gasteiger partial charge on any atom is 0.325 e. The highest BCUT2D eigenvalue weighted by molar-refractivity contribution is 6.08. The molecule has 0 radical (unpaired) electrons. The third kappa shape index (κ3) is 3.92. The van der Waals surface area contributed by atoms with Gasteiger partial charge in [0.1, 0.15) is 12.1 Å². The number of nitrogens with zero attached hydrogens (tertiary/aromatic N) is 1. The number of hydrogen-bond acceptors (Lipinski definition) is 4. The molecule has 1 unspecified atom stereocenters. The molecule has 19 heavy (non-hydrogen) atoms. The fourth-order valence-corrected chi connectivity index (χ4v) is 1.74. The second-order valence-corrected chi connectivity index (χ2v) is 5.15. The Balaban J connectivity index is 2.41. The Bertz CT molecular complexity index is 381. The molecule has 1 fully saturated rings. The van der Waals surface area contributed by atoms with Gasteiger partial charge in [-0.25, -0.2) is 4.79 Å². The Morgan fingerprint density at radius 1 is 1.47 bits per heavy atom. The third-order valence-electron chi connectivity index (χ3n) is 3.02. The molecule has 1 aliphatic rings. The van der Waals surface area contributed by atoms with Crippen molar-refractivity contribution in [3.8, 4) is 0 Å². The number of carbonyl (C=O) groups excluding carboxylic acids is 3. The van der Waals surface area contributed by atoms with Gasteiger partial charge in [0.05, 0.1) is 6.10 Å². The molecule has 3 N–H and O–H groups in total. The highest BCUT2D eigenvalue weighted by atomic mass is 16.3. The van der Waals surface area contributed by atoms with Crippen molar-refractivity contribution < 1.29 is 19.5 Å². The van der Waals surface area contributed by atoms with Crippen LogP contribution in [-0.4, -0.2) is 52.6 Å². The van der Waals surface area contributed by atoms with Crippen LogP contribution in [0.2, 0.25) is 0 Å². The standard InChI is InChI=1S/C12H21N3O4/c1-4-8(16)5-6-13-9(17)7-15-10(18)12(2,3)14-11(15)19/h8,16H,4-7H2,1-3H3,(H,13,17)(H,14,19). The van der Waals surface area contributed by atoms with E-state index in [1.165, 1.54) is 0 Å². The topological polar surface area (TPSA) is 98.7 Å². The second kappa shape index (κ2) is 6.01. The van der Waals surface area contributed by atoms with Crippen molar-refractivity contribution in [2.75, 3.05) is 13.1 Å². The Hall–Kier alpha value is -1.63. The number of carbonyl (C=O) groups is 3. The molecule has 0 aromatic rings. The first-order chi connectivity index (χ1) is 8.77. The summed E-state index contributed by atoms with van der Waals surface area (Å²) in [6, 6.07) is -0.557. The quantitative estimate of drug-likeness (QED) is 0.572. The van der Waals surface area contributed by atoms with E-state index in [1.54, 1.807) is 13.8 Å². The minimum absolute atomic E-state index is 0.295. The van der Waals surface area contributed by atoms with Gasteiger partial charge in [0.2, 0.25) is 5.91 Å². The van der Waals surface area contributed by atoms with Crippen molar-refractivity contribution >= 4 is 17.8 Å². The molecule has 0 aliphatic carbocycles. The normalized spacial score (nSPS) is 19.3. The number of amides is 4. The fraction of sp³-hybridized carbons (Fsp3) is 0.750. The Morgan fingerprint density at radius 3 is 2.58 bits per heavy atom. The van der Waals surface area contributed by atoms with Gasteiger partial charge in [0.15, 0.2) is 0 Å². The summed E-state index contributed by atoms with van der Waals surface area (Å²) in [4.78, 5) is 35.9. The molecule has 0 aromatic heterocycles. The van der Waals surface area contributed by atoms with Crippen molar-refractivity contribution in [3.63, 3.8) is 0 Å². The summed E-state index contributed by atoms with van der Waals surface area (Å²) < 4.78 is 0. The maximum atomic E-state index is 11.8. The van der Waals surface area contributed by atoms with Crippen LogP contribution < -0.4 is 10.6 Å². The van der Waals surface area contributed by atoms with Gasteiger partial charge in [0.25, 0.3) is 5.91 Å². The largest absolute Gasteiger partial charge is 0.393 e. The summed E-state index contributed by atoms with van der Waals surface area (Å²) in [5.74, 6) is -0.828. The molecular weight excluding hydrogens is 250 g/mol. The summed E-state index contributed by atoms with van der Waals surface area (Å²) in [6.07, 6.45) is 0.626.